The van der Waals surface area contributed by atoms with Crippen molar-refractivity contribution in [2.75, 3.05) is 13.1 Å². The van der Waals surface area contributed by atoms with Gasteiger partial charge in [0.25, 0.3) is 5.91 Å². The van der Waals surface area contributed by atoms with Crippen LogP contribution >= 0.6 is 0 Å². The maximum Gasteiger partial charge on any atom is 0.481 e. The number of carbonyl (C=O) groups excluding carboxylic acids is 7. The van der Waals surface area contributed by atoms with E-state index in [1.54, 1.807) is 32.9 Å². The van der Waals surface area contributed by atoms with Gasteiger partial charge in [-0.25, -0.2) is 4.79 Å². The minimum Gasteiger partial charge on any atom is -0.444 e. The smallest absolute Gasteiger partial charge is 0.444 e. The number of aryl methyl sites for hydroxylation is 1. The van der Waals surface area contributed by atoms with E-state index < -0.39 is 84.1 Å². The molecule has 0 spiro atoms. The van der Waals surface area contributed by atoms with Gasteiger partial charge in [0, 0.05) is 25.1 Å². The maximum absolute atomic E-state index is 14.3. The molecular formula is C55H82BN7O10. The molecule has 9 atom stereocenters. The second-order valence-electron chi connectivity index (χ2n) is 22.6. The molecule has 0 unspecified atom stereocenters. The van der Waals surface area contributed by atoms with Crippen molar-refractivity contribution in [3.63, 3.8) is 0 Å². The second-order valence-corrected chi connectivity index (χ2v) is 22.6. The number of nitrogens with one attached hydrogen (secondary N) is 7. The first-order valence-electron chi connectivity index (χ1n) is 26.9. The molecule has 7 amide bonds. The summed E-state index contributed by atoms with van der Waals surface area (Å²) in [6.45, 7) is 18.1. The van der Waals surface area contributed by atoms with Gasteiger partial charge in [-0.2, -0.15) is 0 Å². The molecule has 5 fully saturated rings. The van der Waals surface area contributed by atoms with Gasteiger partial charge in [0.15, 0.2) is 0 Å². The molecule has 0 aromatic heterocycles. The van der Waals surface area contributed by atoms with Crippen LogP contribution in [0.2, 0.25) is 0 Å². The highest BCUT2D eigenvalue weighted by atomic mass is 16.7. The Morgan fingerprint density at radius 2 is 1.56 bits per heavy atom. The predicted octanol–water partition coefficient (Wildman–Crippen LogP) is 6.21. The van der Waals surface area contributed by atoms with E-state index in [-0.39, 0.29) is 56.1 Å². The van der Waals surface area contributed by atoms with Gasteiger partial charge in [0.05, 0.1) is 17.6 Å². The molecule has 2 aliphatic heterocycles. The van der Waals surface area contributed by atoms with Crippen LogP contribution in [0.15, 0.2) is 48.5 Å². The largest absolute Gasteiger partial charge is 0.481 e. The van der Waals surface area contributed by atoms with Gasteiger partial charge in [0.2, 0.25) is 29.5 Å². The number of hydrogen-bond acceptors (Lipinski definition) is 10. The van der Waals surface area contributed by atoms with E-state index >= 15 is 0 Å². The summed E-state index contributed by atoms with van der Waals surface area (Å²) in [4.78, 5) is 95.2. The maximum atomic E-state index is 14.3. The highest BCUT2D eigenvalue weighted by molar-refractivity contribution is 6.47. The van der Waals surface area contributed by atoms with Crippen molar-refractivity contribution in [2.45, 2.75) is 200 Å². The van der Waals surface area contributed by atoms with E-state index in [1.165, 1.54) is 12.5 Å². The molecular weight excluding hydrogens is 929 g/mol. The lowest BCUT2D eigenvalue weighted by atomic mass is 9.43. The zero-order chi connectivity index (χ0) is 53.1. The van der Waals surface area contributed by atoms with E-state index in [2.05, 4.69) is 89.2 Å². The normalized spacial score (nSPS) is 26.3. The van der Waals surface area contributed by atoms with Crippen molar-refractivity contribution < 1.29 is 47.6 Å². The molecule has 2 bridgehead atoms. The Labute approximate surface area is 432 Å². The third-order valence-corrected chi connectivity index (χ3v) is 15.4. The molecule has 7 rings (SSSR count). The van der Waals surface area contributed by atoms with Crippen LogP contribution in [0.4, 0.5) is 4.79 Å². The minimum absolute atomic E-state index is 0.0495. The summed E-state index contributed by atoms with van der Waals surface area (Å²) in [7, 11) is -0.666. The quantitative estimate of drug-likeness (QED) is 0.0743. The third kappa shape index (κ3) is 15.3. The van der Waals surface area contributed by atoms with Crippen molar-refractivity contribution in [3.05, 3.63) is 59.7 Å². The van der Waals surface area contributed by atoms with Crippen molar-refractivity contribution >= 4 is 48.7 Å². The Kier molecular flexibility index (Phi) is 19.6. The Morgan fingerprint density at radius 3 is 2.23 bits per heavy atom. The van der Waals surface area contributed by atoms with Crippen molar-refractivity contribution in [2.24, 2.45) is 17.3 Å². The fourth-order valence-electron chi connectivity index (χ4n) is 10.8. The molecule has 2 aromatic carbocycles. The van der Waals surface area contributed by atoms with Gasteiger partial charge >= 0.3 is 13.2 Å². The van der Waals surface area contributed by atoms with Gasteiger partial charge in [-0.15, -0.1) is 0 Å². The number of benzene rings is 2. The molecule has 2 saturated heterocycles. The molecule has 73 heavy (non-hydrogen) atoms. The molecule has 3 aliphatic carbocycles. The lowest BCUT2D eigenvalue weighted by Gasteiger charge is -2.64. The molecule has 2 aromatic rings. The van der Waals surface area contributed by atoms with Gasteiger partial charge < -0.3 is 51.3 Å². The summed E-state index contributed by atoms with van der Waals surface area (Å²) in [6.07, 6.45) is 7.33. The van der Waals surface area contributed by atoms with E-state index in [9.17, 15) is 33.6 Å². The van der Waals surface area contributed by atoms with Crippen LogP contribution in [0, 0.1) is 17.3 Å². The average Bonchev–Trinajstić information content (AvgIpc) is 3.71. The SMILES string of the molecule is CCCCc1ccc(-c2ccc(C(=O)N[C@@H](CCCCNC(=O)OC(C)(C)C)C(=O)N[C@H]3CCCC(=O)NCCCC[C@@H](C(=O)N[C@@H](C)B4O[C@@H]5C[C@@H]6C[C@@H](C6(C)C)[C@]5(C)O4)NC(=O)[C@H](C)NC3=O)cc2)cc1. The Hall–Kier alpha value is -5.49. The Morgan fingerprint density at radius 1 is 0.863 bits per heavy atom. The monoisotopic (exact) mass is 1010 g/mol. The summed E-state index contributed by atoms with van der Waals surface area (Å²) >= 11 is 0. The van der Waals surface area contributed by atoms with Crippen LogP contribution < -0.4 is 37.2 Å². The lowest BCUT2D eigenvalue weighted by molar-refractivity contribution is -0.199. The second kappa shape index (κ2) is 25.2. The summed E-state index contributed by atoms with van der Waals surface area (Å²) in [6, 6.07) is 11.1. The molecule has 18 heteroatoms. The van der Waals surface area contributed by atoms with Crippen molar-refractivity contribution in [3.8, 4) is 11.1 Å². The Bertz CT molecular complexity index is 2250. The van der Waals surface area contributed by atoms with Crippen LogP contribution in [0.5, 0.6) is 0 Å². The van der Waals surface area contributed by atoms with Crippen LogP contribution in [-0.2, 0) is 44.4 Å². The molecule has 0 radical (unpaired) electrons. The standard InChI is InChI=1S/C55H82BN7O10/c1-10-11-17-36-22-24-37(25-23-36)38-26-28-39(29-27-38)48(66)62-42(19-13-15-31-58-52(70)71-53(4,5)6)51(69)63-43-20-16-21-46(64)57-30-14-12-18-41(61-47(65)34(2)59-49(43)67)50(68)60-35(3)56-72-45-33-40-32-44(54(40,7)8)55(45,9)73-56/h22-29,34-35,40-45H,10-21,30-33H2,1-9H3,(H,57,64)(H,58,70)(H,59,67)(H,60,68)(H,61,65)(H,62,66)(H,63,69)/t34-,35-,40-,41-,42-,43-,44-,45+,55-/m0/s1. The van der Waals surface area contributed by atoms with Gasteiger partial charge in [0.1, 0.15) is 29.8 Å². The third-order valence-electron chi connectivity index (χ3n) is 15.4. The molecule has 3 saturated carbocycles. The van der Waals surface area contributed by atoms with Gasteiger partial charge in [-0.1, -0.05) is 63.6 Å². The lowest BCUT2D eigenvalue weighted by Crippen LogP contribution is -2.65. The fraction of sp³-hybridized carbons (Fsp3) is 0.655. The first-order valence-corrected chi connectivity index (χ1v) is 26.9. The number of ether oxygens (including phenoxy) is 1. The summed E-state index contributed by atoms with van der Waals surface area (Å²) in [5.41, 5.74) is 2.55. The Balaban J connectivity index is 1.11. The van der Waals surface area contributed by atoms with Gasteiger partial charge in [-0.3, -0.25) is 28.8 Å². The highest BCUT2D eigenvalue weighted by Gasteiger charge is 2.68. The number of amides is 7. The van der Waals surface area contributed by atoms with Crippen LogP contribution in [-0.4, -0.2) is 109 Å². The molecule has 400 valence electrons. The summed E-state index contributed by atoms with van der Waals surface area (Å²) in [5.74, 6) is -2.68. The van der Waals surface area contributed by atoms with Crippen molar-refractivity contribution in [1.29, 1.82) is 0 Å². The number of unbranched alkanes of at least 4 members (excludes halogenated alkanes) is 2. The van der Waals surface area contributed by atoms with Crippen LogP contribution in [0.3, 0.4) is 0 Å². The average molecular weight is 1010 g/mol. The minimum atomic E-state index is -1.20. The van der Waals surface area contributed by atoms with E-state index in [0.717, 1.165) is 43.2 Å². The number of rotatable bonds is 16. The topological polar surface area (TPSA) is 231 Å². The molecule has 5 aliphatic rings. The molecule has 2 heterocycles. The molecule has 7 N–H and O–H groups in total. The summed E-state index contributed by atoms with van der Waals surface area (Å²) in [5, 5.41) is 19.9. The number of alkyl carbamates (subject to hydrolysis) is 1. The van der Waals surface area contributed by atoms with Crippen molar-refractivity contribution in [1.82, 2.24) is 37.2 Å². The number of hydrogen-bond donors (Lipinski definition) is 7. The first kappa shape index (κ1) is 56.8. The molecule has 17 nitrogen and oxygen atoms in total. The van der Waals surface area contributed by atoms with E-state index in [0.29, 0.717) is 49.6 Å². The van der Waals surface area contributed by atoms with E-state index in [1.807, 2.05) is 19.1 Å². The van der Waals surface area contributed by atoms with Crippen LogP contribution in [0.1, 0.15) is 162 Å². The van der Waals surface area contributed by atoms with Crippen LogP contribution in [0.25, 0.3) is 11.1 Å². The first-order chi connectivity index (χ1) is 34.6. The summed E-state index contributed by atoms with van der Waals surface area (Å²) < 4.78 is 18.4. The van der Waals surface area contributed by atoms with E-state index in [4.69, 9.17) is 14.0 Å². The predicted molar refractivity (Wildman–Crippen MR) is 280 cm³/mol. The zero-order valence-electron chi connectivity index (χ0n) is 44.7. The zero-order valence-corrected chi connectivity index (χ0v) is 44.7. The highest BCUT2D eigenvalue weighted by Crippen LogP contribution is 2.65. The number of carbonyl (C=O) groups is 7. The fourth-order valence-corrected chi connectivity index (χ4v) is 10.8. The van der Waals surface area contributed by atoms with Gasteiger partial charge in [-0.05, 0) is 165 Å².